The van der Waals surface area contributed by atoms with Crippen LogP contribution < -0.4 is 26.6 Å². The predicted octanol–water partition coefficient (Wildman–Crippen LogP) is 3.16. The Labute approximate surface area is 317 Å². The Kier molecular flexibility index (Phi) is 23.2. The van der Waals surface area contributed by atoms with Gasteiger partial charge >= 0.3 is 5.97 Å². The fourth-order valence-corrected chi connectivity index (χ4v) is 6.30. The molecule has 306 valence electrons. The summed E-state index contributed by atoms with van der Waals surface area (Å²) in [6, 6.07) is -6.39. The largest absolute Gasteiger partial charge is 0.460 e. The molecule has 1 aliphatic heterocycles. The van der Waals surface area contributed by atoms with Crippen molar-refractivity contribution in [1.29, 1.82) is 0 Å². The highest BCUT2D eigenvalue weighted by Gasteiger charge is 2.37. The normalized spacial score (nSPS) is 25.6. The third kappa shape index (κ3) is 18.6. The summed E-state index contributed by atoms with van der Waals surface area (Å²) in [4.78, 5) is 81.4. The highest BCUT2D eigenvalue weighted by Crippen LogP contribution is 2.19. The molecule has 0 bridgehead atoms. The molecule has 8 atom stereocenters. The van der Waals surface area contributed by atoms with Gasteiger partial charge in [-0.2, -0.15) is 0 Å². The van der Waals surface area contributed by atoms with Crippen LogP contribution in [0.25, 0.3) is 0 Å². The molecule has 0 spiro atoms. The maximum absolute atomic E-state index is 13.9. The highest BCUT2D eigenvalue weighted by atomic mass is 16.5. The Balaban J connectivity index is 3.52. The van der Waals surface area contributed by atoms with Crippen LogP contribution in [0.3, 0.4) is 0 Å². The standard InChI is InChI=1S/C39H71N5O9/c1-9-11-12-13-14-15-16-17-18-19-28-22-32(47)40-29(20-24(3)4)35(48)42-31(23-45)37(50)44-34(27(8)46)38(51)41-30(21-25(5)6)36(49)43-33(26(7)10-2)39(52)53-28/h24-31,33-34,45-46H,9-23H2,1-8H3,(H,40,47)(H,41,51)(H,42,48)(H,43,49)(H,44,50)/t26-,27+,28?,29+,30+,31?,33?,34-/m0/s1. The number of hydrogen-bond acceptors (Lipinski definition) is 9. The Hall–Kier alpha value is -3.26. The SMILES string of the molecule is CCCCCCCCCCCC1CC(=O)N[C@H](CC(C)C)C(=O)NC(CO)C(=O)N[C@@H]([C@@H](C)O)C(=O)N[C@H](CC(C)C)C(=O)NC([C@@H](C)CC)C(=O)O1. The smallest absolute Gasteiger partial charge is 0.329 e. The molecule has 5 amide bonds. The lowest BCUT2D eigenvalue weighted by molar-refractivity contribution is -0.156. The minimum atomic E-state index is -1.55. The van der Waals surface area contributed by atoms with Gasteiger partial charge in [-0.1, -0.05) is 106 Å². The van der Waals surface area contributed by atoms with Gasteiger partial charge in [-0.3, -0.25) is 24.0 Å². The summed E-state index contributed by atoms with van der Waals surface area (Å²) in [7, 11) is 0. The van der Waals surface area contributed by atoms with E-state index in [1.165, 1.54) is 32.6 Å². The number of unbranched alkanes of at least 4 members (excludes halogenated alkanes) is 8. The molecule has 14 heteroatoms. The van der Waals surface area contributed by atoms with Crippen molar-refractivity contribution < 1.29 is 43.7 Å². The second kappa shape index (κ2) is 25.7. The molecule has 3 unspecified atom stereocenters. The monoisotopic (exact) mass is 754 g/mol. The predicted molar refractivity (Wildman–Crippen MR) is 203 cm³/mol. The average Bonchev–Trinajstić information content (AvgIpc) is 3.08. The molecule has 0 aromatic carbocycles. The van der Waals surface area contributed by atoms with Gasteiger partial charge in [0.15, 0.2) is 0 Å². The van der Waals surface area contributed by atoms with Crippen molar-refractivity contribution >= 4 is 35.5 Å². The van der Waals surface area contributed by atoms with Crippen LogP contribution in [0.1, 0.15) is 145 Å². The van der Waals surface area contributed by atoms with Crippen LogP contribution >= 0.6 is 0 Å². The third-order valence-corrected chi connectivity index (χ3v) is 9.67. The fraction of sp³-hybridized carbons (Fsp3) is 0.846. The van der Waals surface area contributed by atoms with E-state index in [0.29, 0.717) is 19.3 Å². The summed E-state index contributed by atoms with van der Waals surface area (Å²) >= 11 is 0. The maximum atomic E-state index is 13.9. The van der Waals surface area contributed by atoms with Crippen molar-refractivity contribution in [3.8, 4) is 0 Å². The fourth-order valence-electron chi connectivity index (χ4n) is 6.30. The number of carbonyl (C=O) groups excluding carboxylic acids is 6. The van der Waals surface area contributed by atoms with Crippen LogP contribution in [0, 0.1) is 17.8 Å². The summed E-state index contributed by atoms with van der Waals surface area (Å²) in [5, 5.41) is 33.5. The zero-order chi connectivity index (χ0) is 40.1. The summed E-state index contributed by atoms with van der Waals surface area (Å²) in [6.07, 6.45) is 8.53. The molecular weight excluding hydrogens is 682 g/mol. The second-order valence-corrected chi connectivity index (χ2v) is 15.7. The second-order valence-electron chi connectivity index (χ2n) is 15.7. The summed E-state index contributed by atoms with van der Waals surface area (Å²) in [5.74, 6) is -4.92. The topological polar surface area (TPSA) is 212 Å². The zero-order valence-corrected chi connectivity index (χ0v) is 33.6. The van der Waals surface area contributed by atoms with E-state index in [4.69, 9.17) is 4.74 Å². The molecule has 0 aromatic heterocycles. The van der Waals surface area contributed by atoms with Gasteiger partial charge in [0.05, 0.1) is 19.1 Å². The zero-order valence-electron chi connectivity index (χ0n) is 33.6. The molecule has 1 saturated heterocycles. The van der Waals surface area contributed by atoms with Crippen LogP contribution in [-0.4, -0.2) is 94.7 Å². The molecule has 14 nitrogen and oxygen atoms in total. The lowest BCUT2D eigenvalue weighted by Gasteiger charge is -2.29. The third-order valence-electron chi connectivity index (χ3n) is 9.67. The van der Waals surface area contributed by atoms with Crippen LogP contribution in [0.4, 0.5) is 0 Å². The number of cyclic esters (lactones) is 1. The summed E-state index contributed by atoms with van der Waals surface area (Å²) in [5.41, 5.74) is 0. The molecule has 0 radical (unpaired) electrons. The van der Waals surface area contributed by atoms with Gasteiger partial charge in [-0.15, -0.1) is 0 Å². The maximum Gasteiger partial charge on any atom is 0.329 e. The van der Waals surface area contributed by atoms with Crippen molar-refractivity contribution in [2.45, 2.75) is 188 Å². The Morgan fingerprint density at radius 2 is 1.09 bits per heavy atom. The first kappa shape index (κ1) is 47.8. The minimum Gasteiger partial charge on any atom is -0.460 e. The molecule has 53 heavy (non-hydrogen) atoms. The first-order valence-electron chi connectivity index (χ1n) is 20.0. The lowest BCUT2D eigenvalue weighted by Crippen LogP contribution is -2.62. The highest BCUT2D eigenvalue weighted by molar-refractivity contribution is 5.96. The molecule has 1 aliphatic rings. The van der Waals surface area contributed by atoms with Crippen LogP contribution in [0.2, 0.25) is 0 Å². The molecule has 0 saturated carbocycles. The van der Waals surface area contributed by atoms with E-state index in [2.05, 4.69) is 33.5 Å². The number of nitrogens with one attached hydrogen (secondary N) is 5. The van der Waals surface area contributed by atoms with Gasteiger partial charge in [0.1, 0.15) is 36.3 Å². The van der Waals surface area contributed by atoms with Gasteiger partial charge in [-0.25, -0.2) is 4.79 Å². The van der Waals surface area contributed by atoms with Crippen LogP contribution in [0.15, 0.2) is 0 Å². The number of aliphatic hydroxyl groups excluding tert-OH is 2. The van der Waals surface area contributed by atoms with Crippen molar-refractivity contribution in [1.82, 2.24) is 26.6 Å². The van der Waals surface area contributed by atoms with Crippen molar-refractivity contribution in [3.05, 3.63) is 0 Å². The number of rotatable bonds is 18. The number of esters is 1. The number of hydrogen-bond donors (Lipinski definition) is 7. The van der Waals surface area contributed by atoms with Crippen LogP contribution in [-0.2, 0) is 33.5 Å². The van der Waals surface area contributed by atoms with Crippen molar-refractivity contribution in [2.24, 2.45) is 17.8 Å². The van der Waals surface area contributed by atoms with E-state index in [9.17, 15) is 39.0 Å². The summed E-state index contributed by atoms with van der Waals surface area (Å²) < 4.78 is 6.00. The molecule has 7 N–H and O–H groups in total. The van der Waals surface area contributed by atoms with E-state index in [1.54, 1.807) is 6.92 Å². The van der Waals surface area contributed by atoms with Gasteiger partial charge in [-0.05, 0) is 50.4 Å². The Morgan fingerprint density at radius 3 is 1.60 bits per heavy atom. The minimum absolute atomic E-state index is 0.0494. The first-order chi connectivity index (χ1) is 25.0. The van der Waals surface area contributed by atoms with Gasteiger partial charge in [0.2, 0.25) is 29.5 Å². The lowest BCUT2D eigenvalue weighted by atomic mass is 9.97. The molecule has 0 aliphatic carbocycles. The number of amides is 5. The van der Waals surface area contributed by atoms with Gasteiger partial charge in [0, 0.05) is 0 Å². The molecule has 0 aromatic rings. The average molecular weight is 754 g/mol. The Bertz CT molecular complexity index is 1150. The van der Waals surface area contributed by atoms with E-state index in [1.807, 2.05) is 34.6 Å². The number of aliphatic hydroxyl groups is 2. The molecular formula is C39H71N5O9. The van der Waals surface area contributed by atoms with Crippen molar-refractivity contribution in [2.75, 3.05) is 6.61 Å². The number of carbonyl (C=O) groups is 6. The first-order valence-corrected chi connectivity index (χ1v) is 20.0. The molecule has 1 heterocycles. The van der Waals surface area contributed by atoms with E-state index in [0.717, 1.165) is 25.7 Å². The molecule has 1 rings (SSSR count). The van der Waals surface area contributed by atoms with Gasteiger partial charge < -0.3 is 41.5 Å². The van der Waals surface area contributed by atoms with Crippen molar-refractivity contribution in [3.63, 3.8) is 0 Å². The quantitative estimate of drug-likeness (QED) is 0.0808. The van der Waals surface area contributed by atoms with Crippen LogP contribution in [0.5, 0.6) is 0 Å². The molecule has 1 fully saturated rings. The van der Waals surface area contributed by atoms with E-state index < -0.39 is 84.5 Å². The Morgan fingerprint density at radius 1 is 0.623 bits per heavy atom. The summed E-state index contributed by atoms with van der Waals surface area (Å²) in [6.45, 7) is 13.7. The van der Waals surface area contributed by atoms with E-state index >= 15 is 0 Å². The van der Waals surface area contributed by atoms with Gasteiger partial charge in [0.25, 0.3) is 0 Å². The van der Waals surface area contributed by atoms with E-state index in [-0.39, 0.29) is 37.0 Å². The number of ether oxygens (including phenoxy) is 1.